The molecule has 0 aliphatic heterocycles. The number of ether oxygens (including phenoxy) is 1. The molecule has 0 saturated carbocycles. The van der Waals surface area contributed by atoms with Crippen LogP contribution in [0.25, 0.3) is 0 Å². The van der Waals surface area contributed by atoms with E-state index in [1.165, 1.54) is 0 Å². The summed E-state index contributed by atoms with van der Waals surface area (Å²) in [7, 11) is 0. The van der Waals surface area contributed by atoms with Gasteiger partial charge in [0.2, 0.25) is 0 Å². The second-order valence-corrected chi connectivity index (χ2v) is 3.59. The maximum absolute atomic E-state index is 11.7. The molecule has 0 aliphatic rings. The Labute approximate surface area is 89.2 Å². The number of hydrogen-bond acceptors (Lipinski definition) is 2. The van der Waals surface area contributed by atoms with E-state index in [-0.39, 0.29) is 13.0 Å². The molecule has 0 spiro atoms. The fraction of sp³-hybridized carbons (Fsp3) is 1.00. The second-order valence-electron chi connectivity index (χ2n) is 3.59. The molecular formula is C10H20F3NO. The molecule has 0 rings (SSSR count). The fourth-order valence-corrected chi connectivity index (χ4v) is 0.999. The molecule has 0 aromatic heterocycles. The minimum absolute atomic E-state index is 0.0484. The first kappa shape index (κ1) is 14.7. The molecule has 0 saturated heterocycles. The van der Waals surface area contributed by atoms with Gasteiger partial charge in [-0.05, 0) is 19.8 Å². The Morgan fingerprint density at radius 1 is 1.27 bits per heavy atom. The van der Waals surface area contributed by atoms with Crippen molar-refractivity contribution in [2.24, 2.45) is 0 Å². The Bertz CT molecular complexity index is 150. The fourth-order valence-electron chi connectivity index (χ4n) is 0.999. The summed E-state index contributed by atoms with van der Waals surface area (Å²) in [4.78, 5) is 0. The number of hydrogen-bond donors (Lipinski definition) is 1. The van der Waals surface area contributed by atoms with E-state index in [0.717, 1.165) is 6.42 Å². The van der Waals surface area contributed by atoms with Crippen LogP contribution in [0.4, 0.5) is 13.2 Å². The zero-order chi connectivity index (χ0) is 11.7. The molecule has 0 heterocycles. The van der Waals surface area contributed by atoms with Crippen LogP contribution in [0.2, 0.25) is 0 Å². The largest absolute Gasteiger partial charge is 0.389 e. The Balaban J connectivity index is 3.12. The maximum atomic E-state index is 11.7. The van der Waals surface area contributed by atoms with Crippen LogP contribution in [0.5, 0.6) is 0 Å². The molecule has 92 valence electrons. The van der Waals surface area contributed by atoms with Crippen LogP contribution in [0.3, 0.4) is 0 Å². The predicted octanol–water partition coefficient (Wildman–Crippen LogP) is 2.73. The van der Waals surface area contributed by atoms with Gasteiger partial charge in [0.05, 0.1) is 6.61 Å². The normalized spacial score (nSPS) is 14.2. The molecule has 0 fully saturated rings. The molecule has 0 aromatic carbocycles. The summed E-state index contributed by atoms with van der Waals surface area (Å²) in [5.74, 6) is 0. The second kappa shape index (κ2) is 7.93. The Kier molecular flexibility index (Phi) is 7.78. The van der Waals surface area contributed by atoms with Crippen molar-refractivity contribution in [2.45, 2.75) is 45.3 Å². The molecule has 1 atom stereocenters. The molecule has 0 bridgehead atoms. The first-order chi connectivity index (χ1) is 6.95. The monoisotopic (exact) mass is 227 g/mol. The SMILES string of the molecule is CCC(C)NCCOCCCC(F)(F)F. The number of alkyl halides is 3. The van der Waals surface area contributed by atoms with E-state index in [2.05, 4.69) is 19.2 Å². The lowest BCUT2D eigenvalue weighted by molar-refractivity contribution is -0.137. The van der Waals surface area contributed by atoms with Crippen molar-refractivity contribution >= 4 is 0 Å². The minimum Gasteiger partial charge on any atom is -0.380 e. The van der Waals surface area contributed by atoms with Gasteiger partial charge in [0.15, 0.2) is 0 Å². The molecule has 1 unspecified atom stereocenters. The van der Waals surface area contributed by atoms with Crippen molar-refractivity contribution in [1.29, 1.82) is 0 Å². The smallest absolute Gasteiger partial charge is 0.380 e. The molecule has 0 aromatic rings. The average Bonchev–Trinajstić information content (AvgIpc) is 2.14. The van der Waals surface area contributed by atoms with Gasteiger partial charge in [-0.2, -0.15) is 13.2 Å². The highest BCUT2D eigenvalue weighted by Crippen LogP contribution is 2.20. The van der Waals surface area contributed by atoms with Crippen molar-refractivity contribution in [3.8, 4) is 0 Å². The molecular weight excluding hydrogens is 207 g/mol. The van der Waals surface area contributed by atoms with Crippen molar-refractivity contribution in [1.82, 2.24) is 5.32 Å². The van der Waals surface area contributed by atoms with Crippen LogP contribution in [0.15, 0.2) is 0 Å². The summed E-state index contributed by atoms with van der Waals surface area (Å²) in [6.45, 7) is 5.48. The Morgan fingerprint density at radius 3 is 2.47 bits per heavy atom. The number of halogens is 3. The highest BCUT2D eigenvalue weighted by molar-refractivity contribution is 4.56. The predicted molar refractivity (Wildman–Crippen MR) is 53.9 cm³/mol. The van der Waals surface area contributed by atoms with E-state index in [0.29, 0.717) is 19.2 Å². The number of rotatable bonds is 8. The molecule has 0 radical (unpaired) electrons. The van der Waals surface area contributed by atoms with Gasteiger partial charge in [0, 0.05) is 25.6 Å². The van der Waals surface area contributed by atoms with E-state index < -0.39 is 12.6 Å². The van der Waals surface area contributed by atoms with Crippen molar-refractivity contribution in [2.75, 3.05) is 19.8 Å². The van der Waals surface area contributed by atoms with E-state index in [1.807, 2.05) is 0 Å². The maximum Gasteiger partial charge on any atom is 0.389 e. The summed E-state index contributed by atoms with van der Waals surface area (Å²) >= 11 is 0. The van der Waals surface area contributed by atoms with Gasteiger partial charge in [-0.25, -0.2) is 0 Å². The van der Waals surface area contributed by atoms with Crippen LogP contribution in [-0.4, -0.2) is 32.0 Å². The first-order valence-corrected chi connectivity index (χ1v) is 5.33. The molecule has 1 N–H and O–H groups in total. The van der Waals surface area contributed by atoms with Gasteiger partial charge < -0.3 is 10.1 Å². The van der Waals surface area contributed by atoms with Crippen LogP contribution in [-0.2, 0) is 4.74 Å². The van der Waals surface area contributed by atoms with E-state index in [9.17, 15) is 13.2 Å². The molecule has 0 aliphatic carbocycles. The minimum atomic E-state index is -4.06. The van der Waals surface area contributed by atoms with E-state index in [4.69, 9.17) is 4.74 Å². The van der Waals surface area contributed by atoms with E-state index >= 15 is 0 Å². The zero-order valence-corrected chi connectivity index (χ0v) is 9.36. The average molecular weight is 227 g/mol. The molecule has 0 amide bonds. The van der Waals surface area contributed by atoms with Crippen LogP contribution in [0, 0.1) is 0 Å². The summed E-state index contributed by atoms with van der Waals surface area (Å²) in [5.41, 5.74) is 0. The standard InChI is InChI=1S/C10H20F3NO/c1-3-9(2)14-6-8-15-7-4-5-10(11,12)13/h9,14H,3-8H2,1-2H3. The summed E-state index contributed by atoms with van der Waals surface area (Å²) in [5, 5.41) is 3.19. The van der Waals surface area contributed by atoms with Gasteiger partial charge in [0.25, 0.3) is 0 Å². The molecule has 2 nitrogen and oxygen atoms in total. The summed E-state index contributed by atoms with van der Waals surface area (Å²) in [6, 6.07) is 0.434. The summed E-state index contributed by atoms with van der Waals surface area (Å²) < 4.78 is 40.2. The van der Waals surface area contributed by atoms with Gasteiger partial charge >= 0.3 is 6.18 Å². The Hall–Kier alpha value is -0.290. The molecule has 5 heteroatoms. The van der Waals surface area contributed by atoms with Crippen LogP contribution >= 0.6 is 0 Å². The quantitative estimate of drug-likeness (QED) is 0.644. The highest BCUT2D eigenvalue weighted by Gasteiger charge is 2.25. The van der Waals surface area contributed by atoms with Crippen molar-refractivity contribution < 1.29 is 17.9 Å². The van der Waals surface area contributed by atoms with Crippen LogP contribution in [0.1, 0.15) is 33.1 Å². The van der Waals surface area contributed by atoms with Gasteiger partial charge in [0.1, 0.15) is 0 Å². The number of nitrogens with one attached hydrogen (secondary N) is 1. The lowest BCUT2D eigenvalue weighted by atomic mass is 10.3. The third-order valence-corrected chi connectivity index (χ3v) is 2.10. The summed E-state index contributed by atoms with van der Waals surface area (Å²) in [6.07, 6.45) is -3.73. The topological polar surface area (TPSA) is 21.3 Å². The first-order valence-electron chi connectivity index (χ1n) is 5.33. The lowest BCUT2D eigenvalue weighted by Crippen LogP contribution is -2.28. The lowest BCUT2D eigenvalue weighted by Gasteiger charge is -2.11. The third-order valence-electron chi connectivity index (χ3n) is 2.10. The van der Waals surface area contributed by atoms with Gasteiger partial charge in [-0.3, -0.25) is 0 Å². The van der Waals surface area contributed by atoms with Gasteiger partial charge in [-0.1, -0.05) is 6.92 Å². The van der Waals surface area contributed by atoms with Crippen LogP contribution < -0.4 is 5.32 Å². The van der Waals surface area contributed by atoms with Crippen molar-refractivity contribution in [3.63, 3.8) is 0 Å². The zero-order valence-electron chi connectivity index (χ0n) is 9.36. The Morgan fingerprint density at radius 2 is 1.93 bits per heavy atom. The third kappa shape index (κ3) is 11.6. The van der Waals surface area contributed by atoms with Crippen molar-refractivity contribution in [3.05, 3.63) is 0 Å². The highest BCUT2D eigenvalue weighted by atomic mass is 19.4. The van der Waals surface area contributed by atoms with E-state index in [1.54, 1.807) is 0 Å². The van der Waals surface area contributed by atoms with Gasteiger partial charge in [-0.15, -0.1) is 0 Å². The molecule has 15 heavy (non-hydrogen) atoms.